The van der Waals surface area contributed by atoms with Gasteiger partial charge in [0.05, 0.1) is 6.04 Å². The third-order valence-electron chi connectivity index (χ3n) is 4.08. The molecule has 0 unspecified atom stereocenters. The van der Waals surface area contributed by atoms with E-state index in [4.69, 9.17) is 0 Å². The van der Waals surface area contributed by atoms with E-state index in [2.05, 4.69) is 33.5 Å². The highest BCUT2D eigenvalue weighted by Gasteiger charge is 2.33. The SMILES string of the molecule is c1c[nH]c([C@@H](C2CCC2)N2CCNCC2)c1. The summed E-state index contributed by atoms with van der Waals surface area (Å²) in [6.07, 6.45) is 6.30. The van der Waals surface area contributed by atoms with E-state index < -0.39 is 0 Å². The molecular weight excluding hydrogens is 198 g/mol. The van der Waals surface area contributed by atoms with Gasteiger partial charge in [0.1, 0.15) is 0 Å². The van der Waals surface area contributed by atoms with Gasteiger partial charge >= 0.3 is 0 Å². The molecule has 0 spiro atoms. The van der Waals surface area contributed by atoms with Crippen molar-refractivity contribution in [2.45, 2.75) is 25.3 Å². The number of aromatic amines is 1. The van der Waals surface area contributed by atoms with Gasteiger partial charge in [0.15, 0.2) is 0 Å². The van der Waals surface area contributed by atoms with Crippen molar-refractivity contribution < 1.29 is 0 Å². The van der Waals surface area contributed by atoms with Crippen molar-refractivity contribution in [1.82, 2.24) is 15.2 Å². The molecule has 2 aliphatic rings. The molecule has 0 aromatic carbocycles. The maximum Gasteiger partial charge on any atom is 0.0527 e. The highest BCUT2D eigenvalue weighted by Crippen LogP contribution is 2.40. The van der Waals surface area contributed by atoms with E-state index in [0.29, 0.717) is 6.04 Å². The summed E-state index contributed by atoms with van der Waals surface area (Å²) in [6.45, 7) is 4.67. The lowest BCUT2D eigenvalue weighted by molar-refractivity contribution is 0.0812. The van der Waals surface area contributed by atoms with Crippen molar-refractivity contribution in [2.24, 2.45) is 5.92 Å². The van der Waals surface area contributed by atoms with Crippen molar-refractivity contribution >= 4 is 0 Å². The summed E-state index contributed by atoms with van der Waals surface area (Å²) in [6, 6.07) is 5.03. The predicted molar refractivity (Wildman–Crippen MR) is 65.3 cm³/mol. The molecule has 0 amide bonds. The smallest absolute Gasteiger partial charge is 0.0527 e. The fourth-order valence-corrected chi connectivity index (χ4v) is 2.99. The van der Waals surface area contributed by atoms with Gasteiger partial charge in [0.25, 0.3) is 0 Å². The fraction of sp³-hybridized carbons (Fsp3) is 0.692. The Morgan fingerprint density at radius 3 is 2.62 bits per heavy atom. The molecule has 2 N–H and O–H groups in total. The lowest BCUT2D eigenvalue weighted by atomic mass is 9.77. The topological polar surface area (TPSA) is 31.1 Å². The summed E-state index contributed by atoms with van der Waals surface area (Å²) in [5, 5.41) is 3.44. The standard InChI is InChI=1S/C13H21N3/c1-3-11(4-1)13(12-5-2-6-15-12)16-9-7-14-8-10-16/h2,5-6,11,13-15H,1,3-4,7-10H2/t13-/m1/s1. The van der Waals surface area contributed by atoms with Crippen LogP contribution in [0.5, 0.6) is 0 Å². The first-order valence-electron chi connectivity index (χ1n) is 6.53. The quantitative estimate of drug-likeness (QED) is 0.811. The molecular formula is C13H21N3. The Morgan fingerprint density at radius 1 is 1.25 bits per heavy atom. The highest BCUT2D eigenvalue weighted by atomic mass is 15.2. The number of rotatable bonds is 3. The zero-order valence-corrected chi connectivity index (χ0v) is 9.78. The maximum absolute atomic E-state index is 3.44. The molecule has 3 heteroatoms. The van der Waals surface area contributed by atoms with Gasteiger partial charge in [-0.15, -0.1) is 0 Å². The lowest BCUT2D eigenvalue weighted by Gasteiger charge is -2.42. The van der Waals surface area contributed by atoms with Crippen LogP contribution in [0.15, 0.2) is 18.3 Å². The summed E-state index contributed by atoms with van der Waals surface area (Å²) < 4.78 is 0. The van der Waals surface area contributed by atoms with Crippen LogP contribution in [0.25, 0.3) is 0 Å². The molecule has 3 nitrogen and oxygen atoms in total. The number of nitrogens with one attached hydrogen (secondary N) is 2. The second-order valence-corrected chi connectivity index (χ2v) is 5.05. The first kappa shape index (κ1) is 10.4. The Balaban J connectivity index is 1.77. The molecule has 1 aliphatic heterocycles. The van der Waals surface area contributed by atoms with E-state index in [1.807, 2.05) is 0 Å². The molecule has 3 rings (SSSR count). The molecule has 0 bridgehead atoms. The molecule has 2 heterocycles. The molecule has 1 saturated carbocycles. The first-order chi connectivity index (χ1) is 7.95. The Kier molecular flexibility index (Phi) is 2.98. The van der Waals surface area contributed by atoms with Crippen LogP contribution in [-0.2, 0) is 0 Å². The molecule has 88 valence electrons. The van der Waals surface area contributed by atoms with E-state index in [0.717, 1.165) is 19.0 Å². The van der Waals surface area contributed by atoms with Crippen molar-refractivity contribution in [3.8, 4) is 0 Å². The first-order valence-corrected chi connectivity index (χ1v) is 6.53. The minimum Gasteiger partial charge on any atom is -0.364 e. The van der Waals surface area contributed by atoms with Gasteiger partial charge in [0.2, 0.25) is 0 Å². The number of hydrogen-bond donors (Lipinski definition) is 2. The summed E-state index contributed by atoms with van der Waals surface area (Å²) in [7, 11) is 0. The van der Waals surface area contributed by atoms with Gasteiger partial charge in [-0.05, 0) is 30.9 Å². The fourth-order valence-electron chi connectivity index (χ4n) is 2.99. The van der Waals surface area contributed by atoms with E-state index in [9.17, 15) is 0 Å². The average molecular weight is 219 g/mol. The van der Waals surface area contributed by atoms with Crippen LogP contribution in [0.1, 0.15) is 31.0 Å². The number of hydrogen-bond acceptors (Lipinski definition) is 2. The van der Waals surface area contributed by atoms with Crippen LogP contribution < -0.4 is 5.32 Å². The molecule has 1 atom stereocenters. The molecule has 0 radical (unpaired) electrons. The van der Waals surface area contributed by atoms with Crippen LogP contribution in [-0.4, -0.2) is 36.1 Å². The van der Waals surface area contributed by atoms with Crippen molar-refractivity contribution in [1.29, 1.82) is 0 Å². The Hall–Kier alpha value is -0.800. The number of H-pyrrole nitrogens is 1. The molecule has 1 saturated heterocycles. The summed E-state index contributed by atoms with van der Waals surface area (Å²) in [5.41, 5.74) is 1.42. The van der Waals surface area contributed by atoms with Crippen LogP contribution in [0.4, 0.5) is 0 Å². The van der Waals surface area contributed by atoms with Gasteiger partial charge in [-0.2, -0.15) is 0 Å². The second kappa shape index (κ2) is 4.60. The minimum absolute atomic E-state index is 0.644. The zero-order valence-electron chi connectivity index (χ0n) is 9.78. The van der Waals surface area contributed by atoms with Gasteiger partial charge < -0.3 is 10.3 Å². The number of piperazine rings is 1. The van der Waals surface area contributed by atoms with Crippen LogP contribution in [0.3, 0.4) is 0 Å². The summed E-state index contributed by atoms with van der Waals surface area (Å²) >= 11 is 0. The van der Waals surface area contributed by atoms with Gasteiger partial charge in [-0.3, -0.25) is 4.90 Å². The molecule has 1 aromatic rings. The average Bonchev–Trinajstić information content (AvgIpc) is 2.77. The lowest BCUT2D eigenvalue weighted by Crippen LogP contribution is -2.47. The normalized spacial score (nSPS) is 25.2. The van der Waals surface area contributed by atoms with E-state index in [1.54, 1.807) is 0 Å². The Morgan fingerprint density at radius 2 is 2.06 bits per heavy atom. The zero-order chi connectivity index (χ0) is 10.8. The van der Waals surface area contributed by atoms with Crippen molar-refractivity contribution in [3.63, 3.8) is 0 Å². The molecule has 16 heavy (non-hydrogen) atoms. The molecule has 2 fully saturated rings. The summed E-state index contributed by atoms with van der Waals surface area (Å²) in [4.78, 5) is 6.08. The van der Waals surface area contributed by atoms with Gasteiger partial charge in [-0.1, -0.05) is 6.42 Å². The van der Waals surface area contributed by atoms with Crippen molar-refractivity contribution in [3.05, 3.63) is 24.0 Å². The maximum atomic E-state index is 3.44. The minimum atomic E-state index is 0.644. The Labute approximate surface area is 97.2 Å². The van der Waals surface area contributed by atoms with Crippen LogP contribution >= 0.6 is 0 Å². The van der Waals surface area contributed by atoms with Gasteiger partial charge in [-0.25, -0.2) is 0 Å². The van der Waals surface area contributed by atoms with Crippen LogP contribution in [0.2, 0.25) is 0 Å². The van der Waals surface area contributed by atoms with Gasteiger partial charge in [0, 0.05) is 38.1 Å². The molecule has 1 aliphatic carbocycles. The summed E-state index contributed by atoms with van der Waals surface area (Å²) in [5.74, 6) is 0.886. The third-order valence-corrected chi connectivity index (χ3v) is 4.08. The van der Waals surface area contributed by atoms with E-state index in [1.165, 1.54) is 38.0 Å². The Bertz CT molecular complexity index is 310. The number of nitrogens with zero attached hydrogens (tertiary/aromatic N) is 1. The third kappa shape index (κ3) is 1.89. The predicted octanol–water partition coefficient (Wildman–Crippen LogP) is 1.76. The largest absolute Gasteiger partial charge is 0.364 e. The van der Waals surface area contributed by atoms with Crippen LogP contribution in [0, 0.1) is 5.92 Å². The highest BCUT2D eigenvalue weighted by molar-refractivity contribution is 5.12. The monoisotopic (exact) mass is 219 g/mol. The second-order valence-electron chi connectivity index (χ2n) is 5.05. The van der Waals surface area contributed by atoms with Crippen molar-refractivity contribution in [2.75, 3.05) is 26.2 Å². The number of aromatic nitrogens is 1. The van der Waals surface area contributed by atoms with E-state index in [-0.39, 0.29) is 0 Å². The van der Waals surface area contributed by atoms with E-state index >= 15 is 0 Å². The molecule has 1 aromatic heterocycles.